The number of hydrogen-bond acceptors (Lipinski definition) is 6. The third kappa shape index (κ3) is 6.61. The van der Waals surface area contributed by atoms with Crippen LogP contribution in [0.25, 0.3) is 0 Å². The Kier molecular flexibility index (Phi) is 8.20. The molecule has 1 unspecified atom stereocenters. The first-order valence-corrected chi connectivity index (χ1v) is 12.5. The zero-order valence-electron chi connectivity index (χ0n) is 18.5. The van der Waals surface area contributed by atoms with E-state index in [9.17, 15) is 18.0 Å². The number of sulfonamides is 1. The Balaban J connectivity index is 1.69. The number of nitrogens with one attached hydrogen (secondary N) is 2. The van der Waals surface area contributed by atoms with Crippen LogP contribution < -0.4 is 14.8 Å². The van der Waals surface area contributed by atoms with Gasteiger partial charge in [0.05, 0.1) is 17.7 Å². The van der Waals surface area contributed by atoms with Gasteiger partial charge in [0, 0.05) is 11.7 Å². The van der Waals surface area contributed by atoms with Crippen molar-refractivity contribution in [2.45, 2.75) is 56.1 Å². The first-order chi connectivity index (χ1) is 15.7. The molecular formula is C23H27ClN2O6S. The summed E-state index contributed by atoms with van der Waals surface area (Å²) in [7, 11) is -2.59. The number of halogens is 1. The van der Waals surface area contributed by atoms with Crippen LogP contribution in [0.3, 0.4) is 0 Å². The lowest BCUT2D eigenvalue weighted by molar-refractivity contribution is -0.130. The van der Waals surface area contributed by atoms with Crippen molar-refractivity contribution < 1.29 is 27.5 Å². The SMILES string of the molecule is COc1ccc(NS(=O)(=O)c2cc(C(=O)OC(C)C(=O)NC3CCCCC3)ccc2Cl)cc1. The molecule has 0 spiro atoms. The molecule has 2 aromatic rings. The number of amides is 1. The fraction of sp³-hybridized carbons (Fsp3) is 0.391. The van der Waals surface area contributed by atoms with E-state index in [-0.39, 0.29) is 27.4 Å². The van der Waals surface area contributed by atoms with Crippen LogP contribution in [0.15, 0.2) is 47.4 Å². The third-order valence-electron chi connectivity index (χ3n) is 5.40. The minimum Gasteiger partial charge on any atom is -0.497 e. The topological polar surface area (TPSA) is 111 Å². The van der Waals surface area contributed by atoms with Gasteiger partial charge in [-0.15, -0.1) is 0 Å². The highest BCUT2D eigenvalue weighted by Gasteiger charge is 2.25. The molecule has 1 saturated carbocycles. The van der Waals surface area contributed by atoms with Crippen molar-refractivity contribution >= 4 is 39.2 Å². The minimum atomic E-state index is -4.09. The fourth-order valence-corrected chi connectivity index (χ4v) is 5.14. The van der Waals surface area contributed by atoms with Gasteiger partial charge < -0.3 is 14.8 Å². The lowest BCUT2D eigenvalue weighted by Gasteiger charge is -2.24. The van der Waals surface area contributed by atoms with E-state index in [1.165, 1.54) is 38.3 Å². The van der Waals surface area contributed by atoms with E-state index in [1.54, 1.807) is 12.1 Å². The number of carbonyl (C=O) groups is 2. The quantitative estimate of drug-likeness (QED) is 0.533. The highest BCUT2D eigenvalue weighted by atomic mass is 35.5. The number of methoxy groups -OCH3 is 1. The van der Waals surface area contributed by atoms with E-state index < -0.39 is 22.1 Å². The second-order valence-electron chi connectivity index (χ2n) is 7.87. The molecule has 1 atom stereocenters. The highest BCUT2D eigenvalue weighted by molar-refractivity contribution is 7.92. The highest BCUT2D eigenvalue weighted by Crippen LogP contribution is 2.26. The van der Waals surface area contributed by atoms with Crippen molar-refractivity contribution in [2.75, 3.05) is 11.8 Å². The van der Waals surface area contributed by atoms with Gasteiger partial charge >= 0.3 is 5.97 Å². The van der Waals surface area contributed by atoms with Gasteiger partial charge in [-0.25, -0.2) is 13.2 Å². The minimum absolute atomic E-state index is 0.0353. The van der Waals surface area contributed by atoms with Gasteiger partial charge in [0.1, 0.15) is 10.6 Å². The smallest absolute Gasteiger partial charge is 0.338 e. The van der Waals surface area contributed by atoms with Crippen LogP contribution in [0.2, 0.25) is 5.02 Å². The summed E-state index contributed by atoms with van der Waals surface area (Å²) in [4.78, 5) is 24.7. The molecule has 1 amide bonds. The number of anilines is 1. The van der Waals surface area contributed by atoms with Crippen LogP contribution in [0, 0.1) is 0 Å². The molecule has 178 valence electrons. The molecule has 1 aliphatic rings. The van der Waals surface area contributed by atoms with Crippen LogP contribution in [-0.4, -0.2) is 39.5 Å². The largest absolute Gasteiger partial charge is 0.497 e. The monoisotopic (exact) mass is 494 g/mol. The van der Waals surface area contributed by atoms with Gasteiger partial charge in [-0.2, -0.15) is 0 Å². The molecule has 1 fully saturated rings. The Morgan fingerprint density at radius 1 is 1.06 bits per heavy atom. The number of carbonyl (C=O) groups excluding carboxylic acids is 2. The van der Waals surface area contributed by atoms with E-state index in [4.69, 9.17) is 21.1 Å². The maximum Gasteiger partial charge on any atom is 0.338 e. The van der Waals surface area contributed by atoms with Crippen molar-refractivity contribution in [1.82, 2.24) is 5.32 Å². The molecule has 0 bridgehead atoms. The molecule has 0 aromatic heterocycles. The predicted molar refractivity (Wildman–Crippen MR) is 125 cm³/mol. The zero-order chi connectivity index (χ0) is 24.0. The van der Waals surface area contributed by atoms with Crippen molar-refractivity contribution in [2.24, 2.45) is 0 Å². The van der Waals surface area contributed by atoms with Gasteiger partial charge in [-0.1, -0.05) is 30.9 Å². The average Bonchev–Trinajstić information content (AvgIpc) is 2.80. The summed E-state index contributed by atoms with van der Waals surface area (Å²) in [6, 6.07) is 10.1. The second kappa shape index (κ2) is 10.9. The molecule has 2 aromatic carbocycles. The zero-order valence-corrected chi connectivity index (χ0v) is 20.0. The van der Waals surface area contributed by atoms with Crippen molar-refractivity contribution in [3.63, 3.8) is 0 Å². The Hall–Kier alpha value is -2.78. The number of esters is 1. The number of rotatable bonds is 8. The molecular weight excluding hydrogens is 468 g/mol. The van der Waals surface area contributed by atoms with Gasteiger partial charge in [0.15, 0.2) is 6.10 Å². The van der Waals surface area contributed by atoms with Crippen LogP contribution in [0.4, 0.5) is 5.69 Å². The maximum atomic E-state index is 12.9. The second-order valence-corrected chi connectivity index (χ2v) is 9.93. The molecule has 33 heavy (non-hydrogen) atoms. The Labute approximate surface area is 198 Å². The van der Waals surface area contributed by atoms with Gasteiger partial charge in [-0.3, -0.25) is 9.52 Å². The van der Waals surface area contributed by atoms with Crippen molar-refractivity contribution in [3.05, 3.63) is 53.1 Å². The molecule has 8 nitrogen and oxygen atoms in total. The summed E-state index contributed by atoms with van der Waals surface area (Å²) < 4.78 is 38.5. The van der Waals surface area contributed by atoms with Gasteiger partial charge in [-0.05, 0) is 62.2 Å². The summed E-state index contributed by atoms with van der Waals surface area (Å²) in [6.45, 7) is 1.48. The molecule has 0 saturated heterocycles. The normalized spacial score (nSPS) is 15.4. The van der Waals surface area contributed by atoms with Gasteiger partial charge in [0.25, 0.3) is 15.9 Å². The average molecular weight is 495 g/mol. The standard InChI is InChI=1S/C23H27ClN2O6S/c1-15(22(27)25-17-6-4-3-5-7-17)32-23(28)16-8-13-20(24)21(14-16)33(29,30)26-18-9-11-19(31-2)12-10-18/h8-15,17,26H,3-7H2,1-2H3,(H,25,27). The molecule has 0 radical (unpaired) electrons. The van der Waals surface area contributed by atoms with E-state index >= 15 is 0 Å². The summed E-state index contributed by atoms with van der Waals surface area (Å²) in [6.07, 6.45) is 4.08. The Morgan fingerprint density at radius 2 is 1.73 bits per heavy atom. The Bertz CT molecular complexity index is 1100. The maximum absolute atomic E-state index is 12.9. The molecule has 2 N–H and O–H groups in total. The van der Waals surface area contributed by atoms with Crippen LogP contribution in [0.1, 0.15) is 49.4 Å². The number of ether oxygens (including phenoxy) is 2. The summed E-state index contributed by atoms with van der Waals surface area (Å²) in [5.74, 6) is -0.626. The number of benzene rings is 2. The molecule has 1 aliphatic carbocycles. The lowest BCUT2D eigenvalue weighted by atomic mass is 9.95. The van der Waals surface area contributed by atoms with Crippen LogP contribution in [-0.2, 0) is 19.6 Å². The third-order valence-corrected chi connectivity index (χ3v) is 7.27. The molecule has 3 rings (SSSR count). The van der Waals surface area contributed by atoms with Gasteiger partial charge in [0.2, 0.25) is 0 Å². The Morgan fingerprint density at radius 3 is 2.36 bits per heavy atom. The van der Waals surface area contributed by atoms with E-state index in [0.717, 1.165) is 38.2 Å². The first kappa shape index (κ1) is 24.9. The lowest BCUT2D eigenvalue weighted by Crippen LogP contribution is -2.42. The predicted octanol–water partition coefficient (Wildman–Crippen LogP) is 4.14. The molecule has 0 heterocycles. The van der Waals surface area contributed by atoms with Crippen molar-refractivity contribution in [3.8, 4) is 5.75 Å². The molecule has 0 aliphatic heterocycles. The van der Waals surface area contributed by atoms with E-state index in [0.29, 0.717) is 11.4 Å². The van der Waals surface area contributed by atoms with Crippen molar-refractivity contribution in [1.29, 1.82) is 0 Å². The molecule has 10 heteroatoms. The van der Waals surface area contributed by atoms with Crippen LogP contribution >= 0.6 is 11.6 Å². The fourth-order valence-electron chi connectivity index (χ4n) is 3.55. The number of hydrogen-bond donors (Lipinski definition) is 2. The summed E-state index contributed by atoms with van der Waals surface area (Å²) in [5.41, 5.74) is 0.264. The summed E-state index contributed by atoms with van der Waals surface area (Å²) in [5, 5.41) is 2.84. The van der Waals surface area contributed by atoms with E-state index in [1.807, 2.05) is 0 Å². The van der Waals surface area contributed by atoms with Crippen LogP contribution in [0.5, 0.6) is 5.75 Å². The first-order valence-electron chi connectivity index (χ1n) is 10.7. The summed E-state index contributed by atoms with van der Waals surface area (Å²) >= 11 is 6.11. The van der Waals surface area contributed by atoms with E-state index in [2.05, 4.69) is 10.0 Å².